The second-order valence-electron chi connectivity index (χ2n) is 7.97. The van der Waals surface area contributed by atoms with Gasteiger partial charge in [-0.3, -0.25) is 14.5 Å². The topological polar surface area (TPSA) is 85.4 Å². The minimum atomic E-state index is -0.954. The molecule has 4 rings (SSSR count). The number of hydrogen-bond donors (Lipinski definition) is 0. The van der Waals surface area contributed by atoms with Gasteiger partial charge in [-0.15, -0.1) is 0 Å². The third kappa shape index (κ3) is 6.13. The van der Waals surface area contributed by atoms with Crippen LogP contribution in [0.15, 0.2) is 59.5 Å². The Labute approximate surface area is 219 Å². The highest BCUT2D eigenvalue weighted by molar-refractivity contribution is 8.26. The highest BCUT2D eigenvalue weighted by Gasteiger charge is 2.42. The molecule has 2 amide bonds. The van der Waals surface area contributed by atoms with E-state index in [4.69, 9.17) is 26.4 Å². The standard InChI is InChI=1S/C26H26N2O6S2/c1-2-33-25(31)23(19-6-4-3-5-7-19)28-24(30)21(36-26(28)35)16-18-8-10-20(11-9-18)34-17-22(29)27-12-14-32-15-13-27/h3-11,16,23H,2,12-15,17H2,1H3/b21-16+. The zero-order valence-electron chi connectivity index (χ0n) is 19.8. The SMILES string of the molecule is CCOC(=O)C(c1ccccc1)N1C(=O)/C(=C\c2ccc(OCC(=O)N3CCOCC3)cc2)SC1=S. The highest BCUT2D eigenvalue weighted by Crippen LogP contribution is 2.38. The predicted molar refractivity (Wildman–Crippen MR) is 140 cm³/mol. The van der Waals surface area contributed by atoms with Crippen molar-refractivity contribution in [1.29, 1.82) is 0 Å². The molecule has 1 atom stereocenters. The van der Waals surface area contributed by atoms with Crippen LogP contribution in [0.2, 0.25) is 0 Å². The fraction of sp³-hybridized carbons (Fsp3) is 0.308. The fourth-order valence-corrected chi connectivity index (χ4v) is 5.12. The second kappa shape index (κ2) is 12.2. The normalized spacial score (nSPS) is 17.9. The van der Waals surface area contributed by atoms with Crippen molar-refractivity contribution in [2.24, 2.45) is 0 Å². The minimum Gasteiger partial charge on any atom is -0.484 e. The van der Waals surface area contributed by atoms with Gasteiger partial charge in [0.2, 0.25) is 0 Å². The summed E-state index contributed by atoms with van der Waals surface area (Å²) in [5.41, 5.74) is 1.39. The number of benzene rings is 2. The van der Waals surface area contributed by atoms with Crippen LogP contribution in [0.25, 0.3) is 6.08 Å². The summed E-state index contributed by atoms with van der Waals surface area (Å²) in [5, 5.41) is 0. The van der Waals surface area contributed by atoms with E-state index in [1.165, 1.54) is 4.90 Å². The number of carbonyl (C=O) groups excluding carboxylic acids is 3. The molecular weight excluding hydrogens is 500 g/mol. The van der Waals surface area contributed by atoms with Crippen molar-refractivity contribution in [1.82, 2.24) is 9.80 Å². The molecule has 2 fully saturated rings. The maximum Gasteiger partial charge on any atom is 0.333 e. The van der Waals surface area contributed by atoms with Gasteiger partial charge in [-0.2, -0.15) is 0 Å². The van der Waals surface area contributed by atoms with Gasteiger partial charge in [0.15, 0.2) is 12.6 Å². The molecule has 2 aromatic carbocycles. The summed E-state index contributed by atoms with van der Waals surface area (Å²) in [5.74, 6) is -0.425. The van der Waals surface area contributed by atoms with E-state index in [0.29, 0.717) is 42.5 Å². The van der Waals surface area contributed by atoms with E-state index in [0.717, 1.165) is 17.3 Å². The van der Waals surface area contributed by atoms with Crippen molar-refractivity contribution >= 4 is 52.2 Å². The molecule has 2 aromatic rings. The summed E-state index contributed by atoms with van der Waals surface area (Å²) in [6.07, 6.45) is 1.72. The van der Waals surface area contributed by atoms with E-state index < -0.39 is 12.0 Å². The third-order valence-electron chi connectivity index (χ3n) is 5.61. The Morgan fingerprint density at radius 3 is 2.47 bits per heavy atom. The van der Waals surface area contributed by atoms with Crippen molar-refractivity contribution in [3.63, 3.8) is 0 Å². The average Bonchev–Trinajstić information content (AvgIpc) is 3.17. The zero-order valence-corrected chi connectivity index (χ0v) is 21.4. The first-order valence-electron chi connectivity index (χ1n) is 11.5. The second-order valence-corrected chi connectivity index (χ2v) is 9.64. The van der Waals surface area contributed by atoms with Crippen molar-refractivity contribution in [3.05, 3.63) is 70.6 Å². The van der Waals surface area contributed by atoms with E-state index >= 15 is 0 Å². The lowest BCUT2D eigenvalue weighted by Crippen LogP contribution is -2.42. The number of amides is 2. The molecule has 2 aliphatic heterocycles. The van der Waals surface area contributed by atoms with Gasteiger partial charge in [0.05, 0.1) is 24.7 Å². The number of thiocarbonyl (C=S) groups is 1. The Balaban J connectivity index is 1.44. The van der Waals surface area contributed by atoms with E-state index in [9.17, 15) is 14.4 Å². The third-order valence-corrected chi connectivity index (χ3v) is 6.94. The lowest BCUT2D eigenvalue weighted by atomic mass is 10.1. The maximum atomic E-state index is 13.3. The van der Waals surface area contributed by atoms with Crippen LogP contribution in [0.3, 0.4) is 0 Å². The Bertz CT molecular complexity index is 1150. The lowest BCUT2D eigenvalue weighted by Gasteiger charge is -2.26. The van der Waals surface area contributed by atoms with Gasteiger partial charge in [-0.1, -0.05) is 66.4 Å². The Kier molecular flexibility index (Phi) is 8.74. The summed E-state index contributed by atoms with van der Waals surface area (Å²) >= 11 is 6.62. The van der Waals surface area contributed by atoms with Gasteiger partial charge in [0.1, 0.15) is 10.1 Å². The number of carbonyl (C=O) groups is 3. The smallest absolute Gasteiger partial charge is 0.333 e. The Morgan fingerprint density at radius 2 is 1.81 bits per heavy atom. The van der Waals surface area contributed by atoms with Gasteiger partial charge in [0, 0.05) is 13.1 Å². The van der Waals surface area contributed by atoms with E-state index in [1.54, 1.807) is 66.4 Å². The molecule has 2 aliphatic rings. The molecule has 188 valence electrons. The monoisotopic (exact) mass is 526 g/mol. The Hall–Kier alpha value is -3.21. The number of ether oxygens (including phenoxy) is 3. The largest absolute Gasteiger partial charge is 0.484 e. The number of rotatable bonds is 8. The van der Waals surface area contributed by atoms with Crippen LogP contribution >= 0.6 is 24.0 Å². The highest BCUT2D eigenvalue weighted by atomic mass is 32.2. The molecule has 2 heterocycles. The molecule has 0 saturated carbocycles. The van der Waals surface area contributed by atoms with Gasteiger partial charge in [0.25, 0.3) is 11.8 Å². The van der Waals surface area contributed by atoms with Crippen LogP contribution < -0.4 is 4.74 Å². The minimum absolute atomic E-state index is 0.0489. The zero-order chi connectivity index (χ0) is 25.5. The fourth-order valence-electron chi connectivity index (χ4n) is 3.81. The first-order valence-corrected chi connectivity index (χ1v) is 12.8. The first-order chi connectivity index (χ1) is 17.5. The van der Waals surface area contributed by atoms with Crippen molar-refractivity contribution < 1.29 is 28.6 Å². The van der Waals surface area contributed by atoms with Gasteiger partial charge >= 0.3 is 5.97 Å². The molecule has 10 heteroatoms. The van der Waals surface area contributed by atoms with Gasteiger partial charge in [-0.25, -0.2) is 4.79 Å². The van der Waals surface area contributed by atoms with Gasteiger partial charge < -0.3 is 19.1 Å². The average molecular weight is 527 g/mol. The molecular formula is C26H26N2O6S2. The molecule has 1 unspecified atom stereocenters. The molecule has 0 aliphatic carbocycles. The summed E-state index contributed by atoms with van der Waals surface area (Å²) < 4.78 is 16.4. The molecule has 2 saturated heterocycles. The van der Waals surface area contributed by atoms with Crippen molar-refractivity contribution in [2.75, 3.05) is 39.5 Å². The summed E-state index contributed by atoms with van der Waals surface area (Å²) in [4.78, 5) is 41.8. The molecule has 0 N–H and O–H groups in total. The van der Waals surface area contributed by atoms with Crippen LogP contribution in [0.1, 0.15) is 24.1 Å². The molecule has 8 nitrogen and oxygen atoms in total. The number of nitrogens with zero attached hydrogens (tertiary/aromatic N) is 2. The van der Waals surface area contributed by atoms with Gasteiger partial charge in [-0.05, 0) is 36.3 Å². The maximum absolute atomic E-state index is 13.3. The number of hydrogen-bond acceptors (Lipinski definition) is 8. The Morgan fingerprint density at radius 1 is 1.11 bits per heavy atom. The predicted octanol–water partition coefficient (Wildman–Crippen LogP) is 3.43. The van der Waals surface area contributed by atoms with Crippen LogP contribution in [-0.4, -0.2) is 71.4 Å². The van der Waals surface area contributed by atoms with Crippen LogP contribution in [-0.2, 0) is 23.9 Å². The summed E-state index contributed by atoms with van der Waals surface area (Å²) in [6, 6.07) is 15.1. The number of morpholine rings is 1. The van der Waals surface area contributed by atoms with Crippen LogP contribution in [0.4, 0.5) is 0 Å². The van der Waals surface area contributed by atoms with E-state index in [2.05, 4.69) is 0 Å². The molecule has 0 radical (unpaired) electrons. The number of thioether (sulfide) groups is 1. The van der Waals surface area contributed by atoms with Crippen LogP contribution in [0, 0.1) is 0 Å². The lowest BCUT2D eigenvalue weighted by molar-refractivity contribution is -0.151. The summed E-state index contributed by atoms with van der Waals surface area (Å²) in [6.45, 7) is 4.08. The van der Waals surface area contributed by atoms with Crippen LogP contribution in [0.5, 0.6) is 5.75 Å². The molecule has 0 spiro atoms. The quantitative estimate of drug-likeness (QED) is 0.294. The molecule has 0 aromatic heterocycles. The number of esters is 1. The van der Waals surface area contributed by atoms with Crippen molar-refractivity contribution in [3.8, 4) is 5.75 Å². The molecule has 0 bridgehead atoms. The van der Waals surface area contributed by atoms with Crippen molar-refractivity contribution in [2.45, 2.75) is 13.0 Å². The van der Waals surface area contributed by atoms with E-state index in [1.807, 2.05) is 6.07 Å². The first kappa shape index (κ1) is 25.9. The molecule has 36 heavy (non-hydrogen) atoms. The summed E-state index contributed by atoms with van der Waals surface area (Å²) in [7, 11) is 0. The van der Waals surface area contributed by atoms with E-state index in [-0.39, 0.29) is 29.3 Å².